The lowest BCUT2D eigenvalue weighted by Crippen LogP contribution is -2.39. The molecule has 0 spiro atoms. The fourth-order valence-electron chi connectivity index (χ4n) is 5.44. The van der Waals surface area contributed by atoms with E-state index >= 15 is 0 Å². The largest absolute Gasteiger partial charge is 0.372 e. The third-order valence-electron chi connectivity index (χ3n) is 7.20. The number of nitriles is 5. The Morgan fingerprint density at radius 1 is 0.737 bits per heavy atom. The fourth-order valence-corrected chi connectivity index (χ4v) is 5.44. The van der Waals surface area contributed by atoms with Crippen LogP contribution in [0.4, 0.5) is 0 Å². The first-order valence-electron chi connectivity index (χ1n) is 12.8. The molecule has 0 amide bonds. The van der Waals surface area contributed by atoms with Crippen molar-refractivity contribution in [3.05, 3.63) is 56.4 Å². The third-order valence-corrected chi connectivity index (χ3v) is 7.20. The first-order chi connectivity index (χ1) is 18.0. The van der Waals surface area contributed by atoms with Gasteiger partial charge in [0.1, 0.15) is 23.8 Å². The molecule has 0 aliphatic heterocycles. The van der Waals surface area contributed by atoms with Crippen LogP contribution in [-0.4, -0.2) is 36.0 Å². The Bertz CT molecular complexity index is 1220. The van der Waals surface area contributed by atoms with Crippen molar-refractivity contribution in [2.75, 3.05) is 26.2 Å². The van der Waals surface area contributed by atoms with Gasteiger partial charge in [-0.3, -0.25) is 0 Å². The van der Waals surface area contributed by atoms with Crippen LogP contribution in [0.2, 0.25) is 0 Å². The lowest BCUT2D eigenvalue weighted by Gasteiger charge is -2.41. The molecule has 0 saturated carbocycles. The molecule has 0 unspecified atom stereocenters. The molecule has 0 radical (unpaired) electrons. The highest BCUT2D eigenvalue weighted by molar-refractivity contribution is 5.57. The summed E-state index contributed by atoms with van der Waals surface area (Å²) in [5.41, 5.74) is 3.03. The Hall–Kier alpha value is -4.50. The number of hydrogen-bond acceptors (Lipinski definition) is 7. The summed E-state index contributed by atoms with van der Waals surface area (Å²) in [5.74, 6) is 0. The first kappa shape index (κ1) is 29.7. The zero-order valence-electron chi connectivity index (χ0n) is 23.2. The van der Waals surface area contributed by atoms with Crippen LogP contribution in [0.3, 0.4) is 0 Å². The van der Waals surface area contributed by atoms with Gasteiger partial charge >= 0.3 is 0 Å². The zero-order valence-corrected chi connectivity index (χ0v) is 23.2. The molecule has 194 valence electrons. The number of allylic oxidation sites excluding steroid dienone is 8. The molecular formula is C30H34N8. The smallest absolute Gasteiger partial charge is 0.266 e. The molecule has 0 fully saturated rings. The lowest BCUT2D eigenvalue weighted by atomic mass is 9.72. The lowest BCUT2D eigenvalue weighted by molar-refractivity contribution is 0.222. The van der Waals surface area contributed by atoms with Gasteiger partial charge < -0.3 is 9.80 Å². The predicted molar refractivity (Wildman–Crippen MR) is 143 cm³/mol. The predicted octanol–water partition coefficient (Wildman–Crippen LogP) is 5.87. The van der Waals surface area contributed by atoms with Crippen molar-refractivity contribution in [1.82, 2.24) is 9.80 Å². The van der Waals surface area contributed by atoms with Crippen LogP contribution in [0.1, 0.15) is 67.2 Å². The molecule has 2 aliphatic carbocycles. The van der Waals surface area contributed by atoms with Crippen molar-refractivity contribution in [3.63, 3.8) is 0 Å². The van der Waals surface area contributed by atoms with Crippen LogP contribution < -0.4 is 0 Å². The van der Waals surface area contributed by atoms with Crippen molar-refractivity contribution in [2.24, 2.45) is 10.8 Å². The van der Waals surface area contributed by atoms with Gasteiger partial charge in [0.05, 0.1) is 29.9 Å². The molecule has 0 aromatic rings. The van der Waals surface area contributed by atoms with Gasteiger partial charge in [0.2, 0.25) is 0 Å². The minimum Gasteiger partial charge on any atom is -0.372 e. The van der Waals surface area contributed by atoms with E-state index in [9.17, 15) is 26.3 Å². The van der Waals surface area contributed by atoms with Crippen molar-refractivity contribution in [2.45, 2.75) is 67.2 Å². The minimum atomic E-state index is -0.223. The van der Waals surface area contributed by atoms with Gasteiger partial charge in [-0.2, -0.15) is 21.0 Å². The Balaban J connectivity index is 2.57. The monoisotopic (exact) mass is 506 g/mol. The maximum Gasteiger partial charge on any atom is 0.266 e. The van der Waals surface area contributed by atoms with E-state index in [1.807, 2.05) is 32.1 Å². The highest BCUT2D eigenvalue weighted by atomic mass is 15.2. The van der Waals surface area contributed by atoms with E-state index < -0.39 is 0 Å². The maximum atomic E-state index is 10.1. The van der Waals surface area contributed by atoms with Gasteiger partial charge in [-0.1, -0.05) is 27.7 Å². The number of likely N-dealkylation sites (N-methyl/N-ethyl adjacent to an activating group) is 2. The second-order valence-corrected chi connectivity index (χ2v) is 11.2. The van der Waals surface area contributed by atoms with Crippen LogP contribution in [0.5, 0.6) is 0 Å². The number of hydrogen-bond donors (Lipinski definition) is 0. The van der Waals surface area contributed by atoms with E-state index in [4.69, 9.17) is 6.57 Å². The molecule has 0 saturated heterocycles. The molecule has 0 bridgehead atoms. The van der Waals surface area contributed by atoms with Crippen molar-refractivity contribution in [3.8, 4) is 30.3 Å². The van der Waals surface area contributed by atoms with Gasteiger partial charge in [0.15, 0.2) is 0 Å². The molecule has 8 heteroatoms. The van der Waals surface area contributed by atoms with Gasteiger partial charge in [-0.05, 0) is 55.9 Å². The van der Waals surface area contributed by atoms with Gasteiger partial charge in [0.25, 0.3) is 5.70 Å². The molecular weight excluding hydrogens is 472 g/mol. The van der Waals surface area contributed by atoms with E-state index in [0.717, 1.165) is 11.4 Å². The van der Waals surface area contributed by atoms with Crippen LogP contribution in [-0.2, 0) is 0 Å². The van der Waals surface area contributed by atoms with Gasteiger partial charge in [0, 0.05) is 43.1 Å². The molecule has 0 heterocycles. The summed E-state index contributed by atoms with van der Waals surface area (Å²) in [6.45, 7) is 22.2. The summed E-state index contributed by atoms with van der Waals surface area (Å²) < 4.78 is 0. The first-order valence-corrected chi connectivity index (χ1v) is 12.8. The topological polar surface area (TPSA) is 130 Å². The Morgan fingerprint density at radius 2 is 1.16 bits per heavy atom. The van der Waals surface area contributed by atoms with Crippen LogP contribution in [0, 0.1) is 74.1 Å². The third kappa shape index (κ3) is 6.24. The number of rotatable bonds is 7. The fraction of sp³-hybridized carbons (Fsp3) is 0.533. The molecule has 8 nitrogen and oxygen atoms in total. The quantitative estimate of drug-likeness (QED) is 0.312. The average Bonchev–Trinajstić information content (AvgIpc) is 2.87. The summed E-state index contributed by atoms with van der Waals surface area (Å²) in [6.07, 6.45) is 2.27. The van der Waals surface area contributed by atoms with Crippen LogP contribution in [0.25, 0.3) is 4.85 Å². The Kier molecular flexibility index (Phi) is 9.51. The summed E-state index contributed by atoms with van der Waals surface area (Å²) >= 11 is 0. The molecule has 0 aromatic carbocycles. The molecule has 2 aliphatic rings. The highest BCUT2D eigenvalue weighted by Gasteiger charge is 2.36. The summed E-state index contributed by atoms with van der Waals surface area (Å²) in [7, 11) is 0. The number of nitrogens with zero attached hydrogens (tertiary/aromatic N) is 8. The van der Waals surface area contributed by atoms with E-state index in [0.29, 0.717) is 74.2 Å². The SMILES string of the molecule is [C-]#[N+]/C(C#N)=C1\CC(C)(C)CC(N(CC)CCN(CC)C2=C(C#N)C(=C(C#N)C#N)CC(C)(C)C2)=C1C#N. The Labute approximate surface area is 227 Å². The van der Waals surface area contributed by atoms with Gasteiger partial charge in [-0.15, -0.1) is 0 Å². The minimum absolute atomic E-state index is 0.0151. The standard InChI is InChI=1S/C30H34N8/c1-8-37(27-14-29(3,4)12-22(24(27)18-33)21(16-31)17-32)10-11-38(9-2)28-15-30(5,6)13-23(25(28)19-34)26(20-35)36-7/h8-15H2,1-6H3/b26-23+. The van der Waals surface area contributed by atoms with Crippen molar-refractivity contribution < 1.29 is 0 Å². The highest BCUT2D eigenvalue weighted by Crippen LogP contribution is 2.45. The zero-order chi connectivity index (χ0) is 28.7. The normalized spacial score (nSPS) is 19.1. The second-order valence-electron chi connectivity index (χ2n) is 11.2. The molecule has 2 rings (SSSR count). The summed E-state index contributed by atoms with van der Waals surface area (Å²) in [6, 6.07) is 10.5. The molecule has 38 heavy (non-hydrogen) atoms. The molecule has 0 atom stereocenters. The van der Waals surface area contributed by atoms with Crippen LogP contribution >= 0.6 is 0 Å². The molecule has 0 N–H and O–H groups in total. The molecule has 0 aromatic heterocycles. The average molecular weight is 507 g/mol. The van der Waals surface area contributed by atoms with Crippen molar-refractivity contribution in [1.29, 1.82) is 26.3 Å². The Morgan fingerprint density at radius 3 is 1.50 bits per heavy atom. The van der Waals surface area contributed by atoms with Crippen LogP contribution in [0.15, 0.2) is 45.0 Å². The summed E-state index contributed by atoms with van der Waals surface area (Å²) in [4.78, 5) is 7.66. The van der Waals surface area contributed by atoms with E-state index in [2.05, 4.69) is 54.5 Å². The van der Waals surface area contributed by atoms with Crippen molar-refractivity contribution >= 4 is 0 Å². The van der Waals surface area contributed by atoms with E-state index in [1.165, 1.54) is 0 Å². The summed E-state index contributed by atoms with van der Waals surface area (Å²) in [5, 5.41) is 48.7. The second kappa shape index (κ2) is 12.2. The van der Waals surface area contributed by atoms with Gasteiger partial charge in [-0.25, -0.2) is 10.1 Å². The maximum absolute atomic E-state index is 10.1. The van der Waals surface area contributed by atoms with E-state index in [1.54, 1.807) is 0 Å². The van der Waals surface area contributed by atoms with E-state index in [-0.39, 0.29) is 22.1 Å².